The summed E-state index contributed by atoms with van der Waals surface area (Å²) in [5.74, 6) is -0.693. The van der Waals surface area contributed by atoms with E-state index in [1.165, 1.54) is 18.2 Å². The van der Waals surface area contributed by atoms with Crippen LogP contribution in [0.1, 0.15) is 13.8 Å². The van der Waals surface area contributed by atoms with Crippen LogP contribution in [0.2, 0.25) is 0 Å². The van der Waals surface area contributed by atoms with Crippen LogP contribution >= 0.6 is 0 Å². The Labute approximate surface area is 82.3 Å². The van der Waals surface area contributed by atoms with Crippen molar-refractivity contribution in [3.05, 3.63) is 24.0 Å². The van der Waals surface area contributed by atoms with Crippen LogP contribution in [-0.2, 0) is 0 Å². The van der Waals surface area contributed by atoms with Crippen LogP contribution in [-0.4, -0.2) is 23.3 Å². The lowest BCUT2D eigenvalue weighted by Gasteiger charge is -2.14. The lowest BCUT2D eigenvalue weighted by Crippen LogP contribution is -2.32. The number of halogens is 1. The van der Waals surface area contributed by atoms with Gasteiger partial charge in [-0.3, -0.25) is 0 Å². The summed E-state index contributed by atoms with van der Waals surface area (Å²) in [6.45, 7) is 3.47. The van der Waals surface area contributed by atoms with E-state index in [1.807, 2.05) is 0 Å². The minimum absolute atomic E-state index is 0.0405. The third kappa shape index (κ3) is 2.46. The minimum Gasteiger partial charge on any atom is -0.488 e. The summed E-state index contributed by atoms with van der Waals surface area (Å²) in [4.78, 5) is 0. The molecule has 0 unspecified atom stereocenters. The van der Waals surface area contributed by atoms with Crippen molar-refractivity contribution in [3.63, 3.8) is 0 Å². The molecule has 0 saturated heterocycles. The van der Waals surface area contributed by atoms with E-state index in [-0.39, 0.29) is 17.3 Å². The zero-order valence-electron chi connectivity index (χ0n) is 8.07. The Morgan fingerprint density at radius 2 is 2.00 bits per heavy atom. The van der Waals surface area contributed by atoms with E-state index < -0.39 is 12.9 Å². The van der Waals surface area contributed by atoms with Gasteiger partial charge in [-0.15, -0.1) is 0 Å². The molecule has 0 aliphatic carbocycles. The van der Waals surface area contributed by atoms with Gasteiger partial charge in [0.05, 0.1) is 6.10 Å². The van der Waals surface area contributed by atoms with Crippen molar-refractivity contribution in [1.29, 1.82) is 0 Å². The number of ether oxygens (including phenoxy) is 1. The number of benzene rings is 1. The molecule has 0 heterocycles. The number of hydrogen-bond acceptors (Lipinski definition) is 3. The molecule has 14 heavy (non-hydrogen) atoms. The quantitative estimate of drug-likeness (QED) is 0.686. The first-order chi connectivity index (χ1) is 6.52. The topological polar surface area (TPSA) is 49.7 Å². The molecule has 0 fully saturated rings. The van der Waals surface area contributed by atoms with Crippen molar-refractivity contribution < 1.29 is 19.2 Å². The normalized spacial score (nSPS) is 10.4. The Kier molecular flexibility index (Phi) is 3.49. The fourth-order valence-electron chi connectivity index (χ4n) is 1.09. The number of rotatable bonds is 3. The smallest absolute Gasteiger partial charge is 0.488 e. The van der Waals surface area contributed by atoms with Crippen LogP contribution in [0, 0.1) is 5.82 Å². The van der Waals surface area contributed by atoms with Gasteiger partial charge in [0.15, 0.2) is 11.6 Å². The summed E-state index contributed by atoms with van der Waals surface area (Å²) >= 11 is 0. The van der Waals surface area contributed by atoms with Gasteiger partial charge < -0.3 is 14.8 Å². The molecular formula is C9H12BFO3. The molecule has 0 spiro atoms. The SMILES string of the molecule is CC(C)Oc1c(F)cccc1B(O)O. The molecular weight excluding hydrogens is 186 g/mol. The van der Waals surface area contributed by atoms with E-state index >= 15 is 0 Å². The lowest BCUT2D eigenvalue weighted by atomic mass is 9.79. The van der Waals surface area contributed by atoms with Crippen LogP contribution in [0.4, 0.5) is 4.39 Å². The van der Waals surface area contributed by atoms with Gasteiger partial charge in [0, 0.05) is 5.46 Å². The summed E-state index contributed by atoms with van der Waals surface area (Å²) in [5, 5.41) is 17.9. The molecule has 1 aromatic rings. The van der Waals surface area contributed by atoms with E-state index in [0.717, 1.165) is 0 Å². The Morgan fingerprint density at radius 1 is 1.36 bits per heavy atom. The molecule has 0 aliphatic heterocycles. The second-order valence-corrected chi connectivity index (χ2v) is 3.20. The second-order valence-electron chi connectivity index (χ2n) is 3.20. The van der Waals surface area contributed by atoms with Crippen molar-refractivity contribution in [3.8, 4) is 5.75 Å². The Bertz CT molecular complexity index is 315. The molecule has 1 rings (SSSR count). The van der Waals surface area contributed by atoms with Gasteiger partial charge in [-0.1, -0.05) is 12.1 Å². The van der Waals surface area contributed by atoms with Crippen molar-refractivity contribution in [1.82, 2.24) is 0 Å². The monoisotopic (exact) mass is 198 g/mol. The maximum atomic E-state index is 13.2. The van der Waals surface area contributed by atoms with Gasteiger partial charge in [0.2, 0.25) is 0 Å². The van der Waals surface area contributed by atoms with Gasteiger partial charge in [0.25, 0.3) is 0 Å². The summed E-state index contributed by atoms with van der Waals surface area (Å²) in [6, 6.07) is 4.02. The van der Waals surface area contributed by atoms with E-state index in [0.29, 0.717) is 0 Å². The average Bonchev–Trinajstić information content (AvgIpc) is 2.07. The summed E-state index contributed by atoms with van der Waals surface area (Å²) in [5.41, 5.74) is 0.0405. The molecule has 0 saturated carbocycles. The molecule has 0 bridgehead atoms. The van der Waals surface area contributed by atoms with Crippen LogP contribution in [0.5, 0.6) is 5.75 Å². The fourth-order valence-corrected chi connectivity index (χ4v) is 1.09. The van der Waals surface area contributed by atoms with Gasteiger partial charge in [-0.25, -0.2) is 4.39 Å². The molecule has 5 heteroatoms. The highest BCUT2D eigenvalue weighted by atomic mass is 19.1. The Balaban J connectivity index is 3.09. The Morgan fingerprint density at radius 3 is 2.50 bits per heavy atom. The third-order valence-corrected chi connectivity index (χ3v) is 1.63. The predicted molar refractivity (Wildman–Crippen MR) is 52.0 cm³/mol. The molecule has 0 amide bonds. The summed E-state index contributed by atoms with van der Waals surface area (Å²) in [7, 11) is -1.72. The minimum atomic E-state index is -1.72. The maximum absolute atomic E-state index is 13.2. The first-order valence-electron chi connectivity index (χ1n) is 4.33. The molecule has 0 radical (unpaired) electrons. The molecule has 0 aromatic heterocycles. The summed E-state index contributed by atoms with van der Waals surface area (Å²) in [6.07, 6.45) is -0.218. The number of para-hydroxylation sites is 1. The van der Waals surface area contributed by atoms with Gasteiger partial charge in [-0.05, 0) is 19.9 Å². The van der Waals surface area contributed by atoms with E-state index in [9.17, 15) is 4.39 Å². The molecule has 76 valence electrons. The highest BCUT2D eigenvalue weighted by Gasteiger charge is 2.20. The summed E-state index contributed by atoms with van der Waals surface area (Å²) < 4.78 is 18.4. The maximum Gasteiger partial charge on any atom is 0.492 e. The van der Waals surface area contributed by atoms with Crippen molar-refractivity contribution >= 4 is 12.6 Å². The zero-order valence-corrected chi connectivity index (χ0v) is 8.07. The largest absolute Gasteiger partial charge is 0.492 e. The first kappa shape index (κ1) is 11.0. The average molecular weight is 198 g/mol. The van der Waals surface area contributed by atoms with Crippen molar-refractivity contribution in [2.75, 3.05) is 0 Å². The third-order valence-electron chi connectivity index (χ3n) is 1.63. The Hall–Kier alpha value is -1.07. The van der Waals surface area contributed by atoms with Crippen LogP contribution in [0.3, 0.4) is 0 Å². The molecule has 0 atom stereocenters. The lowest BCUT2D eigenvalue weighted by molar-refractivity contribution is 0.232. The van der Waals surface area contributed by atoms with Crippen LogP contribution in [0.15, 0.2) is 18.2 Å². The van der Waals surface area contributed by atoms with E-state index in [4.69, 9.17) is 14.8 Å². The standard InChI is InChI=1S/C9H12BFO3/c1-6(2)14-9-7(10(12)13)4-3-5-8(9)11/h3-6,12-13H,1-2H3. The molecule has 0 aliphatic rings. The van der Waals surface area contributed by atoms with Crippen molar-refractivity contribution in [2.24, 2.45) is 0 Å². The van der Waals surface area contributed by atoms with Crippen LogP contribution in [0.25, 0.3) is 0 Å². The van der Waals surface area contributed by atoms with E-state index in [2.05, 4.69) is 0 Å². The second kappa shape index (κ2) is 4.44. The van der Waals surface area contributed by atoms with Crippen LogP contribution < -0.4 is 10.2 Å². The van der Waals surface area contributed by atoms with Gasteiger partial charge >= 0.3 is 7.12 Å². The van der Waals surface area contributed by atoms with E-state index in [1.54, 1.807) is 13.8 Å². The molecule has 3 nitrogen and oxygen atoms in total. The highest BCUT2D eigenvalue weighted by molar-refractivity contribution is 6.59. The van der Waals surface area contributed by atoms with Gasteiger partial charge in [0.1, 0.15) is 0 Å². The number of hydrogen-bond donors (Lipinski definition) is 2. The fraction of sp³-hybridized carbons (Fsp3) is 0.333. The predicted octanol–water partition coefficient (Wildman–Crippen LogP) is 0.293. The molecule has 2 N–H and O–H groups in total. The highest BCUT2D eigenvalue weighted by Crippen LogP contribution is 2.15. The van der Waals surface area contributed by atoms with Gasteiger partial charge in [-0.2, -0.15) is 0 Å². The first-order valence-corrected chi connectivity index (χ1v) is 4.33. The molecule has 1 aromatic carbocycles. The zero-order chi connectivity index (χ0) is 10.7. The van der Waals surface area contributed by atoms with Crippen molar-refractivity contribution in [2.45, 2.75) is 20.0 Å².